The molecule has 1 unspecified atom stereocenters. The van der Waals surface area contributed by atoms with E-state index in [1.54, 1.807) is 24.3 Å². The highest BCUT2D eigenvalue weighted by atomic mass is 35.5. The SMILES string of the molecule is CC(C)Cn1c(C(C)NC(=O)c2cccc(Cl)c2)nc2ccccc21. The van der Waals surface area contributed by atoms with Gasteiger partial charge in [0.15, 0.2) is 0 Å². The van der Waals surface area contributed by atoms with Gasteiger partial charge in [-0.05, 0) is 43.2 Å². The predicted molar refractivity (Wildman–Crippen MR) is 102 cm³/mol. The average molecular weight is 356 g/mol. The summed E-state index contributed by atoms with van der Waals surface area (Å²) in [5.74, 6) is 1.19. The molecule has 25 heavy (non-hydrogen) atoms. The van der Waals surface area contributed by atoms with Crippen molar-refractivity contribution in [3.8, 4) is 0 Å². The Bertz CT molecular complexity index is 901. The number of para-hydroxylation sites is 2. The summed E-state index contributed by atoms with van der Waals surface area (Å²) in [6, 6.07) is 14.8. The molecule has 4 nitrogen and oxygen atoms in total. The molecule has 0 aliphatic carbocycles. The minimum atomic E-state index is -0.211. The van der Waals surface area contributed by atoms with Crippen LogP contribution in [0.4, 0.5) is 0 Å². The van der Waals surface area contributed by atoms with Crippen molar-refractivity contribution in [1.29, 1.82) is 0 Å². The second-order valence-corrected chi connectivity index (χ2v) is 7.11. The van der Waals surface area contributed by atoms with Gasteiger partial charge in [0.2, 0.25) is 0 Å². The van der Waals surface area contributed by atoms with Crippen LogP contribution in [0, 0.1) is 5.92 Å². The van der Waals surface area contributed by atoms with Crippen LogP contribution in [0.15, 0.2) is 48.5 Å². The number of halogens is 1. The van der Waals surface area contributed by atoms with E-state index in [0.29, 0.717) is 16.5 Å². The van der Waals surface area contributed by atoms with Gasteiger partial charge in [0.1, 0.15) is 5.82 Å². The van der Waals surface area contributed by atoms with Gasteiger partial charge < -0.3 is 9.88 Å². The van der Waals surface area contributed by atoms with Gasteiger partial charge in [-0.15, -0.1) is 0 Å². The van der Waals surface area contributed by atoms with Gasteiger partial charge in [-0.25, -0.2) is 4.98 Å². The number of rotatable bonds is 5. The molecule has 1 heterocycles. The van der Waals surface area contributed by atoms with Crippen molar-refractivity contribution in [2.45, 2.75) is 33.4 Å². The molecule has 3 rings (SSSR count). The van der Waals surface area contributed by atoms with Crippen molar-refractivity contribution in [1.82, 2.24) is 14.9 Å². The van der Waals surface area contributed by atoms with E-state index in [2.05, 4.69) is 29.8 Å². The number of fused-ring (bicyclic) bond motifs is 1. The molecule has 0 aliphatic rings. The number of hydrogen-bond acceptors (Lipinski definition) is 2. The summed E-state index contributed by atoms with van der Waals surface area (Å²) in [4.78, 5) is 17.3. The van der Waals surface area contributed by atoms with E-state index < -0.39 is 0 Å². The first-order valence-electron chi connectivity index (χ1n) is 8.47. The average Bonchev–Trinajstić information content (AvgIpc) is 2.93. The summed E-state index contributed by atoms with van der Waals surface area (Å²) in [5, 5.41) is 3.58. The van der Waals surface area contributed by atoms with Crippen molar-refractivity contribution >= 4 is 28.5 Å². The molecule has 0 aliphatic heterocycles. The molecule has 1 aromatic heterocycles. The third-order valence-electron chi connectivity index (χ3n) is 4.05. The normalized spacial score (nSPS) is 12.5. The maximum absolute atomic E-state index is 12.5. The molecule has 1 atom stereocenters. The Labute approximate surface area is 152 Å². The topological polar surface area (TPSA) is 46.9 Å². The summed E-state index contributed by atoms with van der Waals surface area (Å²) >= 11 is 5.98. The Balaban J connectivity index is 1.91. The zero-order valence-corrected chi connectivity index (χ0v) is 15.4. The Hall–Kier alpha value is -2.33. The lowest BCUT2D eigenvalue weighted by Gasteiger charge is -2.17. The molecule has 3 aromatic rings. The van der Waals surface area contributed by atoms with E-state index in [-0.39, 0.29) is 11.9 Å². The number of aromatic nitrogens is 2. The molecule has 2 aromatic carbocycles. The van der Waals surface area contributed by atoms with Gasteiger partial charge in [0, 0.05) is 17.1 Å². The Kier molecular flexibility index (Phi) is 5.09. The van der Waals surface area contributed by atoms with Gasteiger partial charge in [0.25, 0.3) is 5.91 Å². The number of amides is 1. The second kappa shape index (κ2) is 7.28. The van der Waals surface area contributed by atoms with Crippen LogP contribution in [-0.4, -0.2) is 15.5 Å². The number of hydrogen-bond donors (Lipinski definition) is 1. The van der Waals surface area contributed by atoms with Gasteiger partial charge in [0.05, 0.1) is 17.1 Å². The molecule has 0 saturated heterocycles. The van der Waals surface area contributed by atoms with Gasteiger partial charge >= 0.3 is 0 Å². The fraction of sp³-hybridized carbons (Fsp3) is 0.300. The maximum Gasteiger partial charge on any atom is 0.251 e. The Morgan fingerprint density at radius 1 is 1.16 bits per heavy atom. The lowest BCUT2D eigenvalue weighted by molar-refractivity contribution is 0.0937. The van der Waals surface area contributed by atoms with Crippen LogP contribution in [0.5, 0.6) is 0 Å². The number of nitrogens with zero attached hydrogens (tertiary/aromatic N) is 2. The summed E-state index contributed by atoms with van der Waals surface area (Å²) < 4.78 is 2.20. The highest BCUT2D eigenvalue weighted by molar-refractivity contribution is 6.30. The minimum Gasteiger partial charge on any atom is -0.342 e. The molecular weight excluding hydrogens is 334 g/mol. The van der Waals surface area contributed by atoms with Gasteiger partial charge in [-0.1, -0.05) is 43.6 Å². The predicted octanol–water partition coefficient (Wildman–Crippen LogP) is 4.84. The van der Waals surface area contributed by atoms with Crippen LogP contribution >= 0.6 is 11.6 Å². The van der Waals surface area contributed by atoms with E-state index in [9.17, 15) is 4.79 Å². The van der Waals surface area contributed by atoms with Gasteiger partial charge in [-0.2, -0.15) is 0 Å². The summed E-state index contributed by atoms with van der Waals surface area (Å²) in [6.07, 6.45) is 0. The van der Waals surface area contributed by atoms with Crippen LogP contribution in [0.1, 0.15) is 43.0 Å². The van der Waals surface area contributed by atoms with E-state index in [1.165, 1.54) is 0 Å². The van der Waals surface area contributed by atoms with Crippen LogP contribution in [0.25, 0.3) is 11.0 Å². The highest BCUT2D eigenvalue weighted by Crippen LogP contribution is 2.22. The number of benzene rings is 2. The third-order valence-corrected chi connectivity index (χ3v) is 4.29. The third kappa shape index (κ3) is 3.85. The molecule has 0 fully saturated rings. The first-order chi connectivity index (χ1) is 12.0. The zero-order chi connectivity index (χ0) is 18.0. The smallest absolute Gasteiger partial charge is 0.251 e. The van der Waals surface area contributed by atoms with E-state index in [1.807, 2.05) is 25.1 Å². The molecule has 1 amide bonds. The maximum atomic E-state index is 12.5. The number of imidazole rings is 1. The van der Waals surface area contributed by atoms with Crippen molar-refractivity contribution in [2.24, 2.45) is 5.92 Å². The van der Waals surface area contributed by atoms with E-state index in [0.717, 1.165) is 23.4 Å². The summed E-state index contributed by atoms with van der Waals surface area (Å²) in [5.41, 5.74) is 2.59. The first-order valence-corrected chi connectivity index (χ1v) is 8.85. The standard InChI is InChI=1S/C20H22ClN3O/c1-13(2)12-24-18-10-5-4-9-17(18)23-19(24)14(3)22-20(25)15-7-6-8-16(21)11-15/h4-11,13-14H,12H2,1-3H3,(H,22,25). The molecule has 0 spiro atoms. The molecule has 0 bridgehead atoms. The number of nitrogens with one attached hydrogen (secondary N) is 1. The summed E-state index contributed by atoms with van der Waals surface area (Å²) in [7, 11) is 0. The highest BCUT2D eigenvalue weighted by Gasteiger charge is 2.19. The number of carbonyl (C=O) groups is 1. The monoisotopic (exact) mass is 355 g/mol. The van der Waals surface area contributed by atoms with Crippen LogP contribution < -0.4 is 5.32 Å². The van der Waals surface area contributed by atoms with Crippen LogP contribution in [0.2, 0.25) is 5.02 Å². The van der Waals surface area contributed by atoms with Crippen LogP contribution in [-0.2, 0) is 6.54 Å². The molecule has 130 valence electrons. The van der Waals surface area contributed by atoms with Crippen molar-refractivity contribution in [3.05, 3.63) is 64.9 Å². The lowest BCUT2D eigenvalue weighted by Crippen LogP contribution is -2.29. The van der Waals surface area contributed by atoms with Crippen molar-refractivity contribution in [2.75, 3.05) is 0 Å². The molecule has 0 saturated carbocycles. The van der Waals surface area contributed by atoms with Crippen molar-refractivity contribution in [3.63, 3.8) is 0 Å². The molecule has 5 heteroatoms. The van der Waals surface area contributed by atoms with Crippen molar-refractivity contribution < 1.29 is 4.79 Å². The quantitative estimate of drug-likeness (QED) is 0.712. The van der Waals surface area contributed by atoms with Crippen LogP contribution in [0.3, 0.4) is 0 Å². The minimum absolute atomic E-state index is 0.154. The fourth-order valence-electron chi connectivity index (χ4n) is 2.96. The van der Waals surface area contributed by atoms with Gasteiger partial charge in [-0.3, -0.25) is 4.79 Å². The summed E-state index contributed by atoms with van der Waals surface area (Å²) in [6.45, 7) is 7.16. The first kappa shape index (κ1) is 17.5. The molecular formula is C20H22ClN3O. The Morgan fingerprint density at radius 3 is 2.64 bits per heavy atom. The Morgan fingerprint density at radius 2 is 1.92 bits per heavy atom. The number of carbonyl (C=O) groups excluding carboxylic acids is 1. The van der Waals surface area contributed by atoms with E-state index in [4.69, 9.17) is 16.6 Å². The fourth-order valence-corrected chi connectivity index (χ4v) is 3.15. The molecule has 1 N–H and O–H groups in total. The second-order valence-electron chi connectivity index (χ2n) is 6.67. The zero-order valence-electron chi connectivity index (χ0n) is 14.7. The van der Waals surface area contributed by atoms with E-state index >= 15 is 0 Å². The largest absolute Gasteiger partial charge is 0.342 e. The lowest BCUT2D eigenvalue weighted by atomic mass is 10.2. The molecule has 0 radical (unpaired) electrons.